The Hall–Kier alpha value is -2.44. The fourth-order valence-electron chi connectivity index (χ4n) is 2.57. The summed E-state index contributed by atoms with van der Waals surface area (Å²) in [4.78, 5) is 9.34. The molecule has 1 atom stereocenters. The van der Waals surface area contributed by atoms with Crippen LogP contribution in [0.15, 0.2) is 59.6 Å². The van der Waals surface area contributed by atoms with Crippen molar-refractivity contribution in [3.63, 3.8) is 0 Å². The molecule has 0 bridgehead atoms. The molecule has 0 N–H and O–H groups in total. The summed E-state index contributed by atoms with van der Waals surface area (Å²) < 4.78 is 20.1. The number of anilines is 1. The fourth-order valence-corrected chi connectivity index (χ4v) is 4.05. The first-order valence-corrected chi connectivity index (χ1v) is 9.15. The highest BCUT2D eigenvalue weighted by Crippen LogP contribution is 2.31. The van der Waals surface area contributed by atoms with Crippen LogP contribution in [0.5, 0.6) is 11.8 Å². The molecule has 0 radical (unpaired) electrons. The molecule has 0 amide bonds. The molecule has 2 heterocycles. The first-order valence-electron chi connectivity index (χ1n) is 7.66. The van der Waals surface area contributed by atoms with E-state index in [4.69, 9.17) is 16.3 Å². The number of halogens is 1. The quantitative estimate of drug-likeness (QED) is 0.689. The number of benzene rings is 2. The second-order valence-electron chi connectivity index (χ2n) is 5.60. The number of ether oxygens (including phenoxy) is 1. The number of hydrogen-bond acceptors (Lipinski definition) is 4. The van der Waals surface area contributed by atoms with Crippen LogP contribution in [0, 0.1) is 6.92 Å². The Morgan fingerprint density at radius 3 is 2.84 bits per heavy atom. The van der Waals surface area contributed by atoms with E-state index in [-0.39, 0.29) is 6.01 Å². The molecule has 4 rings (SSSR count). The first kappa shape index (κ1) is 16.1. The van der Waals surface area contributed by atoms with Crippen LogP contribution in [0.3, 0.4) is 0 Å². The van der Waals surface area contributed by atoms with Gasteiger partial charge in [-0.3, -0.25) is 4.31 Å². The van der Waals surface area contributed by atoms with Crippen LogP contribution in [-0.4, -0.2) is 14.2 Å². The molecule has 7 heteroatoms. The largest absolute Gasteiger partial charge is 0.424 e. The lowest BCUT2D eigenvalue weighted by molar-refractivity contribution is 0.442. The van der Waals surface area contributed by atoms with Crippen molar-refractivity contribution in [1.29, 1.82) is 0 Å². The van der Waals surface area contributed by atoms with Crippen molar-refractivity contribution in [2.45, 2.75) is 18.4 Å². The van der Waals surface area contributed by atoms with Gasteiger partial charge in [0.1, 0.15) is 11.6 Å². The molecule has 0 saturated heterocycles. The molecule has 0 spiro atoms. The second-order valence-corrected chi connectivity index (χ2v) is 7.39. The lowest BCUT2D eigenvalue weighted by atomic mass is 10.2. The maximum Gasteiger partial charge on any atom is 0.323 e. The third kappa shape index (κ3) is 3.10. The Kier molecular flexibility index (Phi) is 4.15. The Labute approximate surface area is 152 Å². The molecule has 0 aliphatic carbocycles. The molecule has 1 unspecified atom stereocenters. The lowest BCUT2D eigenvalue weighted by Gasteiger charge is -2.15. The number of nitrogens with zero attached hydrogens (tertiary/aromatic N) is 3. The van der Waals surface area contributed by atoms with E-state index >= 15 is 0 Å². The summed E-state index contributed by atoms with van der Waals surface area (Å²) >= 11 is 6.12. The molecule has 2 aromatic carbocycles. The summed E-state index contributed by atoms with van der Waals surface area (Å²) in [5.41, 5.74) is 2.00. The van der Waals surface area contributed by atoms with Crippen molar-refractivity contribution in [2.24, 2.45) is 0 Å². The van der Waals surface area contributed by atoms with E-state index in [1.807, 2.05) is 37.3 Å². The van der Waals surface area contributed by atoms with Crippen molar-refractivity contribution >= 4 is 28.4 Å². The number of aryl methyl sites for hydroxylation is 1. The van der Waals surface area contributed by atoms with E-state index in [1.54, 1.807) is 28.7 Å². The molecule has 1 aliphatic rings. The van der Waals surface area contributed by atoms with Gasteiger partial charge in [-0.25, -0.2) is 9.19 Å². The van der Waals surface area contributed by atoms with Crippen LogP contribution in [0.4, 0.5) is 5.82 Å². The van der Waals surface area contributed by atoms with Crippen molar-refractivity contribution < 1.29 is 8.95 Å². The zero-order valence-corrected chi connectivity index (χ0v) is 14.9. The Morgan fingerprint density at radius 1 is 1.20 bits per heavy atom. The van der Waals surface area contributed by atoms with Gasteiger partial charge in [0.2, 0.25) is 0 Å². The van der Waals surface area contributed by atoms with E-state index in [0.717, 1.165) is 16.0 Å². The minimum Gasteiger partial charge on any atom is -0.424 e. The minimum atomic E-state index is -1.28. The normalized spacial score (nSPS) is 15.9. The van der Waals surface area contributed by atoms with E-state index in [0.29, 0.717) is 23.1 Å². The third-order valence-electron chi connectivity index (χ3n) is 3.90. The van der Waals surface area contributed by atoms with Crippen molar-refractivity contribution in [2.75, 3.05) is 4.31 Å². The number of fused-ring (bicyclic) bond motifs is 1. The van der Waals surface area contributed by atoms with Gasteiger partial charge in [-0.1, -0.05) is 35.9 Å². The summed E-state index contributed by atoms with van der Waals surface area (Å²) in [7, 11) is -1.28. The molecule has 3 aromatic rings. The maximum atomic E-state index is 12.7. The predicted molar refractivity (Wildman–Crippen MR) is 97.3 cm³/mol. The van der Waals surface area contributed by atoms with Crippen LogP contribution in [0.25, 0.3) is 0 Å². The van der Waals surface area contributed by atoms with Crippen LogP contribution in [0.2, 0.25) is 5.02 Å². The van der Waals surface area contributed by atoms with Crippen molar-refractivity contribution in [1.82, 2.24) is 9.97 Å². The molecule has 0 fully saturated rings. The van der Waals surface area contributed by atoms with Gasteiger partial charge in [-0.15, -0.1) is 0 Å². The summed E-state index contributed by atoms with van der Waals surface area (Å²) in [5, 5.41) is 0.616. The molecule has 5 nitrogen and oxygen atoms in total. The van der Waals surface area contributed by atoms with Gasteiger partial charge in [0, 0.05) is 17.3 Å². The highest BCUT2D eigenvalue weighted by molar-refractivity contribution is 7.86. The first-order chi connectivity index (χ1) is 12.1. The van der Waals surface area contributed by atoms with Gasteiger partial charge in [0.05, 0.1) is 11.4 Å². The Bertz CT molecular complexity index is 980. The molecule has 25 heavy (non-hydrogen) atoms. The zero-order valence-electron chi connectivity index (χ0n) is 13.3. The van der Waals surface area contributed by atoms with E-state index < -0.39 is 11.0 Å². The van der Waals surface area contributed by atoms with Gasteiger partial charge in [-0.05, 0) is 36.2 Å². The molecule has 126 valence electrons. The monoisotopic (exact) mass is 371 g/mol. The van der Waals surface area contributed by atoms with Crippen molar-refractivity contribution in [3.05, 3.63) is 70.9 Å². The highest BCUT2D eigenvalue weighted by Gasteiger charge is 2.28. The van der Waals surface area contributed by atoms with Gasteiger partial charge in [-0.2, -0.15) is 4.98 Å². The third-order valence-corrected chi connectivity index (χ3v) is 5.80. The average molecular weight is 372 g/mol. The number of aromatic nitrogens is 2. The maximum absolute atomic E-state index is 12.7. The Morgan fingerprint density at radius 2 is 2.04 bits per heavy atom. The molecule has 1 aliphatic heterocycles. The fraction of sp³-hybridized carbons (Fsp3) is 0.111. The molecule has 0 saturated carbocycles. The highest BCUT2D eigenvalue weighted by atomic mass is 35.5. The summed E-state index contributed by atoms with van der Waals surface area (Å²) in [6.45, 7) is 2.46. The minimum absolute atomic E-state index is 0.186. The molecular formula is C18H14ClN3O2S. The Balaban J connectivity index is 1.60. The zero-order chi connectivity index (χ0) is 17.4. The summed E-state index contributed by atoms with van der Waals surface area (Å²) in [6.07, 6.45) is 1.59. The number of rotatable bonds is 3. The standard InChI is InChI=1S/C18H14ClN3O2S/c1-12-6-7-14(10-15(12)19)24-18-20-9-8-17(21-18)22-11-13-4-2-3-5-16(13)25(22)23/h2-10H,11H2,1H3. The smallest absolute Gasteiger partial charge is 0.323 e. The van der Waals surface area contributed by atoms with Crippen LogP contribution in [0.1, 0.15) is 11.1 Å². The van der Waals surface area contributed by atoms with Crippen LogP contribution in [-0.2, 0) is 17.5 Å². The van der Waals surface area contributed by atoms with E-state index in [9.17, 15) is 4.21 Å². The number of hydrogen-bond donors (Lipinski definition) is 0. The molecular weight excluding hydrogens is 358 g/mol. The topological polar surface area (TPSA) is 55.3 Å². The summed E-state index contributed by atoms with van der Waals surface area (Å²) in [5.74, 6) is 1.11. The lowest BCUT2D eigenvalue weighted by Crippen LogP contribution is -2.19. The SMILES string of the molecule is Cc1ccc(Oc2nccc(N3Cc4ccccc4S3=O)n2)cc1Cl. The second kappa shape index (κ2) is 6.46. The van der Waals surface area contributed by atoms with Crippen LogP contribution < -0.4 is 9.04 Å². The van der Waals surface area contributed by atoms with Gasteiger partial charge in [0.15, 0.2) is 11.0 Å². The molecule has 1 aromatic heterocycles. The van der Waals surface area contributed by atoms with Gasteiger partial charge in [0.25, 0.3) is 0 Å². The van der Waals surface area contributed by atoms with Gasteiger partial charge < -0.3 is 4.74 Å². The summed E-state index contributed by atoms with van der Waals surface area (Å²) in [6, 6.07) is 15.0. The average Bonchev–Trinajstić information content (AvgIpc) is 2.96. The van der Waals surface area contributed by atoms with Crippen molar-refractivity contribution in [3.8, 4) is 11.8 Å². The van der Waals surface area contributed by atoms with Gasteiger partial charge >= 0.3 is 6.01 Å². The van der Waals surface area contributed by atoms with E-state index in [1.165, 1.54) is 0 Å². The predicted octanol–water partition coefficient (Wildman–Crippen LogP) is 4.27. The van der Waals surface area contributed by atoms with E-state index in [2.05, 4.69) is 9.97 Å². The van der Waals surface area contributed by atoms with Crippen LogP contribution >= 0.6 is 11.6 Å².